The SMILES string of the molecule is CC(C)(C)OC(=O)c1c(N)sc2c1CCN(CCc1ccccn1)C2. The lowest BCUT2D eigenvalue weighted by Gasteiger charge is -2.27. The van der Waals surface area contributed by atoms with Gasteiger partial charge in [0.05, 0.1) is 5.56 Å². The van der Waals surface area contributed by atoms with Crippen molar-refractivity contribution < 1.29 is 9.53 Å². The summed E-state index contributed by atoms with van der Waals surface area (Å²) in [6.07, 6.45) is 3.59. The van der Waals surface area contributed by atoms with Crippen molar-refractivity contribution >= 4 is 22.3 Å². The van der Waals surface area contributed by atoms with E-state index in [9.17, 15) is 4.79 Å². The second kappa shape index (κ2) is 7.14. The fourth-order valence-corrected chi connectivity index (χ4v) is 4.19. The van der Waals surface area contributed by atoms with Crippen molar-refractivity contribution in [1.29, 1.82) is 0 Å². The van der Waals surface area contributed by atoms with Crippen LogP contribution in [0, 0.1) is 0 Å². The molecule has 0 atom stereocenters. The van der Waals surface area contributed by atoms with Gasteiger partial charge in [0, 0.05) is 42.8 Å². The number of esters is 1. The van der Waals surface area contributed by atoms with E-state index < -0.39 is 5.60 Å². The minimum absolute atomic E-state index is 0.301. The number of carbonyl (C=O) groups excluding carboxylic acids is 1. The summed E-state index contributed by atoms with van der Waals surface area (Å²) in [5.74, 6) is -0.301. The third kappa shape index (κ3) is 4.38. The fourth-order valence-electron chi connectivity index (χ4n) is 3.04. The molecule has 0 bridgehead atoms. The zero-order valence-corrected chi connectivity index (χ0v) is 15.9. The smallest absolute Gasteiger partial charge is 0.341 e. The molecule has 0 saturated heterocycles. The van der Waals surface area contributed by atoms with Gasteiger partial charge in [-0.05, 0) is 44.9 Å². The molecule has 134 valence electrons. The van der Waals surface area contributed by atoms with E-state index in [1.165, 1.54) is 16.2 Å². The average Bonchev–Trinajstić information content (AvgIpc) is 2.87. The number of pyridine rings is 1. The van der Waals surface area contributed by atoms with Gasteiger partial charge in [-0.15, -0.1) is 11.3 Å². The Hall–Kier alpha value is -1.92. The summed E-state index contributed by atoms with van der Waals surface area (Å²) in [6, 6.07) is 6.01. The molecule has 2 aromatic rings. The Kier molecular flexibility index (Phi) is 5.11. The first-order chi connectivity index (χ1) is 11.8. The molecule has 0 fully saturated rings. The molecule has 0 radical (unpaired) electrons. The van der Waals surface area contributed by atoms with Gasteiger partial charge in [0.15, 0.2) is 0 Å². The van der Waals surface area contributed by atoms with Crippen LogP contribution in [-0.4, -0.2) is 34.5 Å². The van der Waals surface area contributed by atoms with Crippen LogP contribution >= 0.6 is 11.3 Å². The molecule has 0 amide bonds. The van der Waals surface area contributed by atoms with E-state index in [0.717, 1.165) is 43.7 Å². The molecule has 25 heavy (non-hydrogen) atoms. The molecule has 0 aromatic carbocycles. The molecular weight excluding hydrogens is 334 g/mol. The highest BCUT2D eigenvalue weighted by atomic mass is 32.1. The number of nitrogen functional groups attached to an aromatic ring is 1. The van der Waals surface area contributed by atoms with Gasteiger partial charge in [-0.3, -0.25) is 9.88 Å². The number of rotatable bonds is 4. The number of fused-ring (bicyclic) bond motifs is 1. The number of carbonyl (C=O) groups is 1. The van der Waals surface area contributed by atoms with Gasteiger partial charge in [-0.2, -0.15) is 0 Å². The van der Waals surface area contributed by atoms with E-state index >= 15 is 0 Å². The maximum atomic E-state index is 12.5. The van der Waals surface area contributed by atoms with Crippen LogP contribution in [0.4, 0.5) is 5.00 Å². The number of hydrogen-bond donors (Lipinski definition) is 1. The zero-order valence-electron chi connectivity index (χ0n) is 15.0. The standard InChI is InChI=1S/C19H25N3O2S/c1-19(2,3)24-18(23)16-14-8-11-22(12-15(14)25-17(16)20)10-7-13-6-4-5-9-21-13/h4-6,9H,7-8,10-12,20H2,1-3H3. The van der Waals surface area contributed by atoms with E-state index in [-0.39, 0.29) is 5.97 Å². The average molecular weight is 359 g/mol. The highest BCUT2D eigenvalue weighted by Crippen LogP contribution is 2.36. The molecule has 0 aliphatic carbocycles. The Bertz CT molecular complexity index is 750. The van der Waals surface area contributed by atoms with Crippen molar-refractivity contribution in [3.63, 3.8) is 0 Å². The third-order valence-electron chi connectivity index (χ3n) is 4.18. The van der Waals surface area contributed by atoms with Gasteiger partial charge in [-0.1, -0.05) is 6.07 Å². The first-order valence-corrected chi connectivity index (χ1v) is 9.41. The van der Waals surface area contributed by atoms with Crippen LogP contribution in [-0.2, 0) is 24.1 Å². The van der Waals surface area contributed by atoms with Crippen molar-refractivity contribution in [3.05, 3.63) is 46.1 Å². The molecule has 1 aliphatic heterocycles. The van der Waals surface area contributed by atoms with E-state index in [4.69, 9.17) is 10.5 Å². The van der Waals surface area contributed by atoms with Crippen LogP contribution in [0.15, 0.2) is 24.4 Å². The van der Waals surface area contributed by atoms with Crippen molar-refractivity contribution in [2.24, 2.45) is 0 Å². The summed E-state index contributed by atoms with van der Waals surface area (Å²) in [5.41, 5.74) is 8.39. The largest absolute Gasteiger partial charge is 0.456 e. The van der Waals surface area contributed by atoms with E-state index in [1.807, 2.05) is 39.1 Å². The van der Waals surface area contributed by atoms with Gasteiger partial charge in [0.2, 0.25) is 0 Å². The summed E-state index contributed by atoms with van der Waals surface area (Å²) >= 11 is 1.52. The van der Waals surface area contributed by atoms with Crippen LogP contribution < -0.4 is 5.73 Å². The normalized spacial score (nSPS) is 15.0. The van der Waals surface area contributed by atoms with Crippen molar-refractivity contribution in [3.8, 4) is 0 Å². The predicted octanol–water partition coefficient (Wildman–Crippen LogP) is 3.28. The molecule has 3 heterocycles. The minimum atomic E-state index is -0.512. The van der Waals surface area contributed by atoms with Crippen molar-refractivity contribution in [2.45, 2.75) is 45.8 Å². The number of ether oxygens (including phenoxy) is 1. The van der Waals surface area contributed by atoms with Gasteiger partial charge < -0.3 is 10.5 Å². The topological polar surface area (TPSA) is 68.5 Å². The Morgan fingerprint density at radius 3 is 2.88 bits per heavy atom. The predicted molar refractivity (Wildman–Crippen MR) is 101 cm³/mol. The Morgan fingerprint density at radius 1 is 1.40 bits per heavy atom. The zero-order chi connectivity index (χ0) is 18.0. The van der Waals surface area contributed by atoms with Crippen molar-refractivity contribution in [2.75, 3.05) is 18.8 Å². The van der Waals surface area contributed by atoms with Crippen LogP contribution in [0.2, 0.25) is 0 Å². The van der Waals surface area contributed by atoms with Gasteiger partial charge in [0.25, 0.3) is 0 Å². The number of hydrogen-bond acceptors (Lipinski definition) is 6. The first kappa shape index (κ1) is 17.9. The maximum absolute atomic E-state index is 12.5. The molecule has 2 N–H and O–H groups in total. The molecule has 1 aliphatic rings. The van der Waals surface area contributed by atoms with Crippen molar-refractivity contribution in [1.82, 2.24) is 9.88 Å². The monoisotopic (exact) mass is 359 g/mol. The fraction of sp³-hybridized carbons (Fsp3) is 0.474. The molecule has 3 rings (SSSR count). The van der Waals surface area contributed by atoms with Gasteiger partial charge in [0.1, 0.15) is 10.6 Å². The molecule has 0 saturated carbocycles. The lowest BCUT2D eigenvalue weighted by Crippen LogP contribution is -2.32. The van der Waals surface area contributed by atoms with Crippen LogP contribution in [0.1, 0.15) is 47.3 Å². The Labute approximate surface area is 152 Å². The van der Waals surface area contributed by atoms with Crippen LogP contribution in [0.3, 0.4) is 0 Å². The Morgan fingerprint density at radius 2 is 2.20 bits per heavy atom. The second-order valence-electron chi connectivity index (χ2n) is 7.34. The summed E-state index contributed by atoms with van der Waals surface area (Å²) in [7, 11) is 0. The molecular formula is C19H25N3O2S. The molecule has 6 heteroatoms. The highest BCUT2D eigenvalue weighted by molar-refractivity contribution is 7.16. The quantitative estimate of drug-likeness (QED) is 0.849. The number of anilines is 1. The number of aromatic nitrogens is 1. The van der Waals surface area contributed by atoms with E-state index in [0.29, 0.717) is 10.6 Å². The molecule has 2 aromatic heterocycles. The van der Waals surface area contributed by atoms with E-state index in [1.54, 1.807) is 0 Å². The summed E-state index contributed by atoms with van der Waals surface area (Å²) < 4.78 is 5.53. The number of nitrogens with two attached hydrogens (primary N) is 1. The van der Waals surface area contributed by atoms with E-state index in [2.05, 4.69) is 16.0 Å². The van der Waals surface area contributed by atoms with Crippen LogP contribution in [0.5, 0.6) is 0 Å². The maximum Gasteiger partial charge on any atom is 0.341 e. The molecule has 0 unspecified atom stereocenters. The highest BCUT2D eigenvalue weighted by Gasteiger charge is 2.29. The second-order valence-corrected chi connectivity index (χ2v) is 8.48. The molecule has 5 nitrogen and oxygen atoms in total. The number of thiophene rings is 1. The molecule has 0 spiro atoms. The third-order valence-corrected chi connectivity index (χ3v) is 5.22. The lowest BCUT2D eigenvalue weighted by atomic mass is 10.0. The minimum Gasteiger partial charge on any atom is -0.456 e. The van der Waals surface area contributed by atoms with Crippen LogP contribution in [0.25, 0.3) is 0 Å². The number of nitrogens with zero attached hydrogens (tertiary/aromatic N) is 2. The lowest BCUT2D eigenvalue weighted by molar-refractivity contribution is 0.00696. The summed E-state index contributed by atoms with van der Waals surface area (Å²) in [5, 5.41) is 0.575. The Balaban J connectivity index is 1.68. The first-order valence-electron chi connectivity index (χ1n) is 8.59. The summed E-state index contributed by atoms with van der Waals surface area (Å²) in [4.78, 5) is 20.4. The van der Waals surface area contributed by atoms with Gasteiger partial charge in [-0.25, -0.2) is 4.79 Å². The summed E-state index contributed by atoms with van der Waals surface area (Å²) in [6.45, 7) is 8.33. The van der Waals surface area contributed by atoms with Gasteiger partial charge >= 0.3 is 5.97 Å².